The van der Waals surface area contributed by atoms with Crippen LogP contribution in [0, 0.1) is 25.2 Å². The Morgan fingerprint density at radius 1 is 0.970 bits per heavy atom. The zero-order chi connectivity index (χ0) is 23.4. The summed E-state index contributed by atoms with van der Waals surface area (Å²) in [5.74, 6) is -0.559. The Morgan fingerprint density at radius 3 is 2.36 bits per heavy atom. The van der Waals surface area contributed by atoms with E-state index in [4.69, 9.17) is 0 Å². The predicted octanol–water partition coefficient (Wildman–Crippen LogP) is 3.66. The number of hydrogen-bond acceptors (Lipinski definition) is 4. The molecule has 0 atom stereocenters. The molecule has 1 amide bonds. The van der Waals surface area contributed by atoms with Gasteiger partial charge >= 0.3 is 0 Å². The van der Waals surface area contributed by atoms with Crippen LogP contribution >= 0.6 is 11.3 Å². The summed E-state index contributed by atoms with van der Waals surface area (Å²) in [5, 5.41) is 12.7. The first-order chi connectivity index (χ1) is 16.0. The lowest BCUT2D eigenvalue weighted by atomic mass is 10.1. The first kappa shape index (κ1) is 22.0. The van der Waals surface area contributed by atoms with E-state index in [9.17, 15) is 14.9 Å². The molecule has 0 fully saturated rings. The van der Waals surface area contributed by atoms with Crippen molar-refractivity contribution >= 4 is 34.6 Å². The first-order valence-electron chi connectivity index (χ1n) is 10.3. The Balaban J connectivity index is 1.94. The summed E-state index contributed by atoms with van der Waals surface area (Å²) in [5.41, 5.74) is 3.75. The summed E-state index contributed by atoms with van der Waals surface area (Å²) >= 11 is 1.13. The molecule has 1 N–H and O–H groups in total. The van der Waals surface area contributed by atoms with Crippen molar-refractivity contribution in [2.45, 2.75) is 13.8 Å². The molecule has 162 valence electrons. The van der Waals surface area contributed by atoms with Gasteiger partial charge in [-0.3, -0.25) is 14.2 Å². The zero-order valence-electron chi connectivity index (χ0n) is 18.2. The number of nitrogens with zero attached hydrogens (tertiary/aromatic N) is 2. The van der Waals surface area contributed by atoms with Gasteiger partial charge in [-0.25, -0.2) is 0 Å². The van der Waals surface area contributed by atoms with Gasteiger partial charge in [-0.15, -0.1) is 11.3 Å². The van der Waals surface area contributed by atoms with Gasteiger partial charge in [-0.1, -0.05) is 60.2 Å². The minimum atomic E-state index is -0.559. The van der Waals surface area contributed by atoms with Gasteiger partial charge in [0.25, 0.3) is 11.5 Å². The van der Waals surface area contributed by atoms with Gasteiger partial charge in [0.15, 0.2) is 5.57 Å². The van der Waals surface area contributed by atoms with Gasteiger partial charge in [0, 0.05) is 5.69 Å². The Kier molecular flexibility index (Phi) is 6.34. The van der Waals surface area contributed by atoms with E-state index in [2.05, 4.69) is 5.32 Å². The quantitative estimate of drug-likeness (QED) is 0.515. The van der Waals surface area contributed by atoms with E-state index in [-0.39, 0.29) is 15.8 Å². The number of hydrogen-bond donors (Lipinski definition) is 1. The van der Waals surface area contributed by atoms with Crippen molar-refractivity contribution in [1.29, 1.82) is 5.26 Å². The number of para-hydroxylation sites is 1. The predicted molar refractivity (Wildman–Crippen MR) is 133 cm³/mol. The highest BCUT2D eigenvalue weighted by Crippen LogP contribution is 2.11. The molecule has 5 nitrogen and oxygen atoms in total. The number of anilines is 1. The van der Waals surface area contributed by atoms with Crippen LogP contribution in [0.4, 0.5) is 5.69 Å². The van der Waals surface area contributed by atoms with E-state index < -0.39 is 5.91 Å². The fourth-order valence-electron chi connectivity index (χ4n) is 3.39. The summed E-state index contributed by atoms with van der Waals surface area (Å²) in [6.45, 7) is 3.92. The molecule has 0 bridgehead atoms. The van der Waals surface area contributed by atoms with Crippen molar-refractivity contribution in [3.8, 4) is 11.8 Å². The second kappa shape index (κ2) is 9.51. The van der Waals surface area contributed by atoms with Crippen molar-refractivity contribution in [3.63, 3.8) is 0 Å². The van der Waals surface area contributed by atoms with Crippen LogP contribution in [0.25, 0.3) is 17.3 Å². The number of nitrogens with one attached hydrogen (secondary N) is 1. The lowest BCUT2D eigenvalue weighted by molar-refractivity contribution is -0.111. The third kappa shape index (κ3) is 4.84. The van der Waals surface area contributed by atoms with Gasteiger partial charge in [-0.2, -0.15) is 5.26 Å². The maximum Gasteiger partial charge on any atom is 0.273 e. The summed E-state index contributed by atoms with van der Waals surface area (Å²) in [6, 6.07) is 26.2. The molecule has 3 aromatic carbocycles. The van der Waals surface area contributed by atoms with E-state index in [1.807, 2.05) is 80.6 Å². The normalized spacial score (nSPS) is 12.2. The molecule has 0 saturated carbocycles. The van der Waals surface area contributed by atoms with Gasteiger partial charge in [-0.05, 0) is 55.3 Å². The third-order valence-electron chi connectivity index (χ3n) is 5.04. The molecule has 1 heterocycles. The van der Waals surface area contributed by atoms with E-state index in [0.717, 1.165) is 28.0 Å². The number of nitriles is 1. The number of rotatable bonds is 4. The monoisotopic (exact) mass is 451 g/mol. The smallest absolute Gasteiger partial charge is 0.273 e. The Bertz CT molecular complexity index is 1540. The Morgan fingerprint density at radius 2 is 1.70 bits per heavy atom. The van der Waals surface area contributed by atoms with Crippen molar-refractivity contribution in [3.05, 3.63) is 115 Å². The first-order valence-corrected chi connectivity index (χ1v) is 11.2. The van der Waals surface area contributed by atoms with Crippen LogP contribution in [0.3, 0.4) is 0 Å². The largest absolute Gasteiger partial charge is 0.321 e. The maximum absolute atomic E-state index is 13.4. The fraction of sp³-hybridized carbons (Fsp3) is 0.0741. The van der Waals surface area contributed by atoms with E-state index in [0.29, 0.717) is 15.9 Å². The summed E-state index contributed by atoms with van der Waals surface area (Å²) in [6.07, 6.45) is 1.78. The van der Waals surface area contributed by atoms with Crippen molar-refractivity contribution < 1.29 is 4.79 Å². The summed E-state index contributed by atoms with van der Waals surface area (Å²) < 4.78 is 2.16. The molecule has 0 aliphatic rings. The second-order valence-corrected chi connectivity index (χ2v) is 8.64. The lowest BCUT2D eigenvalue weighted by Crippen LogP contribution is -2.32. The van der Waals surface area contributed by atoms with Crippen LogP contribution in [0.2, 0.25) is 0 Å². The number of thiazole rings is 1. The van der Waals surface area contributed by atoms with Gasteiger partial charge in [0.2, 0.25) is 0 Å². The highest BCUT2D eigenvalue weighted by Gasteiger charge is 2.17. The number of benzene rings is 3. The molecule has 0 aliphatic carbocycles. The fourth-order valence-corrected chi connectivity index (χ4v) is 4.49. The number of aromatic nitrogens is 1. The van der Waals surface area contributed by atoms with Crippen molar-refractivity contribution in [1.82, 2.24) is 4.57 Å². The summed E-state index contributed by atoms with van der Waals surface area (Å²) in [7, 11) is 0. The van der Waals surface area contributed by atoms with Crippen LogP contribution < -0.4 is 20.1 Å². The van der Waals surface area contributed by atoms with E-state index >= 15 is 0 Å². The highest BCUT2D eigenvalue weighted by molar-refractivity contribution is 7.07. The van der Waals surface area contributed by atoms with Gasteiger partial charge in [0.05, 0.1) is 10.2 Å². The molecule has 33 heavy (non-hydrogen) atoms. The molecule has 0 spiro atoms. The van der Waals surface area contributed by atoms with Crippen molar-refractivity contribution in [2.24, 2.45) is 0 Å². The minimum absolute atomic E-state index is 0.119. The minimum Gasteiger partial charge on any atom is -0.321 e. The zero-order valence-corrected chi connectivity index (χ0v) is 19.0. The molecule has 0 unspecified atom stereocenters. The van der Waals surface area contributed by atoms with Crippen LogP contribution in [0.15, 0.2) is 83.7 Å². The highest BCUT2D eigenvalue weighted by atomic mass is 32.1. The maximum atomic E-state index is 13.4. The molecule has 0 aliphatic heterocycles. The SMILES string of the molecule is Cc1ccc(C=c2sc(=C(C#N)C(=O)Nc3cccc(C)c3)n(-c3ccccc3)c2=O)cc1. The average molecular weight is 452 g/mol. The molecular formula is C27H21N3O2S. The van der Waals surface area contributed by atoms with Crippen LogP contribution in [0.1, 0.15) is 16.7 Å². The molecule has 4 rings (SSSR count). The van der Waals surface area contributed by atoms with E-state index in [1.165, 1.54) is 4.57 Å². The topological polar surface area (TPSA) is 74.9 Å². The summed E-state index contributed by atoms with van der Waals surface area (Å²) in [4.78, 5) is 26.5. The lowest BCUT2D eigenvalue weighted by Gasteiger charge is -2.06. The second-order valence-electron chi connectivity index (χ2n) is 7.61. The number of carbonyl (C=O) groups is 1. The van der Waals surface area contributed by atoms with Crippen LogP contribution in [-0.2, 0) is 4.79 Å². The number of amides is 1. The van der Waals surface area contributed by atoms with Crippen LogP contribution in [-0.4, -0.2) is 10.5 Å². The molecular weight excluding hydrogens is 430 g/mol. The molecule has 0 saturated heterocycles. The molecule has 4 aromatic rings. The Labute approximate surface area is 195 Å². The molecule has 6 heteroatoms. The third-order valence-corrected chi connectivity index (χ3v) is 6.13. The number of carbonyl (C=O) groups excluding carboxylic acids is 1. The number of aryl methyl sites for hydroxylation is 2. The molecule has 0 radical (unpaired) electrons. The van der Waals surface area contributed by atoms with E-state index in [1.54, 1.807) is 24.3 Å². The van der Waals surface area contributed by atoms with Crippen molar-refractivity contribution in [2.75, 3.05) is 5.32 Å². The standard InChI is InChI=1S/C27H21N3O2S/c1-18-11-13-20(14-12-18)16-24-26(32)30(22-9-4-3-5-10-22)27(33-24)23(17-28)25(31)29-21-8-6-7-19(2)15-21/h3-16H,1-2H3,(H,29,31). The Hall–Kier alpha value is -4.21. The van der Waals surface area contributed by atoms with Gasteiger partial charge in [0.1, 0.15) is 10.7 Å². The average Bonchev–Trinajstić information content (AvgIpc) is 3.12. The molecule has 1 aromatic heterocycles. The van der Waals surface area contributed by atoms with Gasteiger partial charge < -0.3 is 5.32 Å². The van der Waals surface area contributed by atoms with Crippen LogP contribution in [0.5, 0.6) is 0 Å².